The van der Waals surface area contributed by atoms with Crippen LogP contribution in [0.25, 0.3) is 16.0 Å². The Morgan fingerprint density at radius 2 is 1.61 bits per heavy atom. The maximum atomic E-state index is 13.0. The minimum atomic E-state index is 0.00426. The van der Waals surface area contributed by atoms with Crippen molar-refractivity contribution in [3.63, 3.8) is 0 Å². The number of hydrogen-bond acceptors (Lipinski definition) is 2. The monoisotopic (exact) mass is 318 g/mol. The third-order valence-corrected chi connectivity index (χ3v) is 4.92. The van der Waals surface area contributed by atoms with E-state index in [1.165, 1.54) is 0 Å². The number of aryl methyl sites for hydroxylation is 2. The number of hydrogen-bond donors (Lipinski definition) is 0. The highest BCUT2D eigenvalue weighted by atomic mass is 32.1. The van der Waals surface area contributed by atoms with Crippen LogP contribution < -0.4 is 0 Å². The Morgan fingerprint density at radius 1 is 0.913 bits per heavy atom. The van der Waals surface area contributed by atoms with Gasteiger partial charge in [0.15, 0.2) is 5.78 Å². The summed E-state index contributed by atoms with van der Waals surface area (Å²) >= 11 is 1.67. The quantitative estimate of drug-likeness (QED) is 0.430. The lowest BCUT2D eigenvalue weighted by atomic mass is 9.90. The highest BCUT2D eigenvalue weighted by molar-refractivity contribution is 7.13. The summed E-state index contributed by atoms with van der Waals surface area (Å²) in [6.07, 6.45) is 0. The first-order valence-corrected chi connectivity index (χ1v) is 8.40. The molecule has 0 aliphatic rings. The summed E-state index contributed by atoms with van der Waals surface area (Å²) in [6, 6.07) is 18.0. The SMILES string of the molecule is C=C(C(=O)c1c(C)cccc1C)c1ccccc1-c1cccs1. The van der Waals surface area contributed by atoms with Gasteiger partial charge in [-0.15, -0.1) is 11.3 Å². The van der Waals surface area contributed by atoms with E-state index in [2.05, 4.69) is 12.6 Å². The van der Waals surface area contributed by atoms with Crippen LogP contribution in [0, 0.1) is 13.8 Å². The topological polar surface area (TPSA) is 17.1 Å². The zero-order valence-electron chi connectivity index (χ0n) is 13.3. The molecule has 0 N–H and O–H groups in total. The minimum absolute atomic E-state index is 0.00426. The molecule has 0 radical (unpaired) electrons. The van der Waals surface area contributed by atoms with Crippen molar-refractivity contribution in [3.05, 3.63) is 88.8 Å². The molecule has 2 aromatic carbocycles. The fraction of sp³-hybridized carbons (Fsp3) is 0.0952. The Morgan fingerprint density at radius 3 is 2.26 bits per heavy atom. The van der Waals surface area contributed by atoms with Gasteiger partial charge < -0.3 is 0 Å². The van der Waals surface area contributed by atoms with E-state index in [4.69, 9.17) is 0 Å². The van der Waals surface area contributed by atoms with Crippen molar-refractivity contribution in [1.82, 2.24) is 0 Å². The fourth-order valence-corrected chi connectivity index (χ4v) is 3.60. The molecule has 0 bridgehead atoms. The highest BCUT2D eigenvalue weighted by Gasteiger charge is 2.19. The number of ketones is 1. The van der Waals surface area contributed by atoms with Crippen LogP contribution in [0.5, 0.6) is 0 Å². The van der Waals surface area contributed by atoms with Crippen LogP contribution in [-0.4, -0.2) is 5.78 Å². The second kappa shape index (κ2) is 6.35. The molecule has 1 nitrogen and oxygen atoms in total. The third-order valence-electron chi connectivity index (χ3n) is 4.02. The predicted molar refractivity (Wildman–Crippen MR) is 99.0 cm³/mol. The van der Waals surface area contributed by atoms with Gasteiger partial charge in [0.05, 0.1) is 0 Å². The van der Waals surface area contributed by atoms with Crippen LogP contribution in [0.2, 0.25) is 0 Å². The maximum Gasteiger partial charge on any atom is 0.193 e. The Kier molecular flexibility index (Phi) is 4.26. The molecule has 1 aromatic heterocycles. The first kappa shape index (κ1) is 15.4. The second-order valence-electron chi connectivity index (χ2n) is 5.60. The normalized spacial score (nSPS) is 10.5. The van der Waals surface area contributed by atoms with Crippen molar-refractivity contribution >= 4 is 22.7 Å². The van der Waals surface area contributed by atoms with Crippen molar-refractivity contribution in [3.8, 4) is 10.4 Å². The zero-order chi connectivity index (χ0) is 16.4. The number of benzene rings is 2. The van der Waals surface area contributed by atoms with Gasteiger partial charge in [0.1, 0.15) is 0 Å². The Bertz CT molecular complexity index is 852. The van der Waals surface area contributed by atoms with Crippen molar-refractivity contribution in [2.24, 2.45) is 0 Å². The average molecular weight is 318 g/mol. The standard InChI is InChI=1S/C21H18OS/c1-14-8-6-9-15(2)20(14)21(22)16(3)17-10-4-5-11-18(17)19-12-7-13-23-19/h4-13H,3H2,1-2H3. The molecule has 0 unspecified atom stereocenters. The van der Waals surface area contributed by atoms with E-state index in [0.717, 1.165) is 32.7 Å². The number of rotatable bonds is 4. The van der Waals surface area contributed by atoms with Crippen molar-refractivity contribution in [2.45, 2.75) is 13.8 Å². The Balaban J connectivity index is 2.07. The van der Waals surface area contributed by atoms with Crippen molar-refractivity contribution < 1.29 is 4.79 Å². The number of carbonyl (C=O) groups excluding carboxylic acids is 1. The molecule has 3 aromatic rings. The van der Waals surface area contributed by atoms with Gasteiger partial charge in [0, 0.05) is 16.0 Å². The smallest absolute Gasteiger partial charge is 0.193 e. The summed E-state index contributed by atoms with van der Waals surface area (Å²) in [5.41, 5.74) is 5.26. The number of carbonyl (C=O) groups is 1. The van der Waals surface area contributed by atoms with Crippen LogP contribution in [0.3, 0.4) is 0 Å². The van der Waals surface area contributed by atoms with E-state index in [1.54, 1.807) is 11.3 Å². The molecule has 3 rings (SSSR count). The van der Waals surface area contributed by atoms with Crippen LogP contribution in [-0.2, 0) is 0 Å². The lowest BCUT2D eigenvalue weighted by Crippen LogP contribution is -2.07. The molecule has 1 heterocycles. The largest absolute Gasteiger partial charge is 0.289 e. The van der Waals surface area contributed by atoms with Crippen LogP contribution >= 0.6 is 11.3 Å². The Hall–Kier alpha value is -2.45. The van der Waals surface area contributed by atoms with Gasteiger partial charge in [-0.05, 0) is 47.5 Å². The summed E-state index contributed by atoms with van der Waals surface area (Å²) < 4.78 is 0. The van der Waals surface area contributed by atoms with Gasteiger partial charge in [0.25, 0.3) is 0 Å². The predicted octanol–water partition coefficient (Wildman–Crippen LogP) is 5.93. The summed E-state index contributed by atoms with van der Waals surface area (Å²) in [7, 11) is 0. The highest BCUT2D eigenvalue weighted by Crippen LogP contribution is 2.33. The van der Waals surface area contributed by atoms with Crippen LogP contribution in [0.1, 0.15) is 27.0 Å². The molecule has 2 heteroatoms. The van der Waals surface area contributed by atoms with E-state index in [9.17, 15) is 4.79 Å². The zero-order valence-corrected chi connectivity index (χ0v) is 14.1. The minimum Gasteiger partial charge on any atom is -0.289 e. The molecule has 0 aliphatic carbocycles. The van der Waals surface area contributed by atoms with Crippen LogP contribution in [0.15, 0.2) is 66.6 Å². The number of Topliss-reactive ketones (excluding diaryl/α,β-unsaturated/α-hetero) is 1. The summed E-state index contributed by atoms with van der Waals surface area (Å²) in [6.45, 7) is 8.05. The fourth-order valence-electron chi connectivity index (χ4n) is 2.84. The average Bonchev–Trinajstić information content (AvgIpc) is 3.08. The van der Waals surface area contributed by atoms with E-state index in [0.29, 0.717) is 5.57 Å². The van der Waals surface area contributed by atoms with Crippen molar-refractivity contribution in [2.75, 3.05) is 0 Å². The molecule has 23 heavy (non-hydrogen) atoms. The van der Waals surface area contributed by atoms with Crippen molar-refractivity contribution in [1.29, 1.82) is 0 Å². The molecular weight excluding hydrogens is 300 g/mol. The molecular formula is C21H18OS. The van der Waals surface area contributed by atoms with Gasteiger partial charge in [0.2, 0.25) is 0 Å². The maximum absolute atomic E-state index is 13.0. The molecule has 0 saturated heterocycles. The second-order valence-corrected chi connectivity index (χ2v) is 6.55. The summed E-state index contributed by atoms with van der Waals surface area (Å²) in [5.74, 6) is 0.00426. The lowest BCUT2D eigenvalue weighted by Gasteiger charge is -2.13. The van der Waals surface area contributed by atoms with Crippen LogP contribution in [0.4, 0.5) is 0 Å². The molecule has 0 spiro atoms. The summed E-state index contributed by atoms with van der Waals surface area (Å²) in [5, 5.41) is 2.04. The summed E-state index contributed by atoms with van der Waals surface area (Å²) in [4.78, 5) is 14.2. The molecule has 0 saturated carbocycles. The Labute approximate surface area is 140 Å². The van der Waals surface area contributed by atoms with Gasteiger partial charge in [-0.25, -0.2) is 0 Å². The number of thiophene rings is 1. The van der Waals surface area contributed by atoms with E-state index >= 15 is 0 Å². The molecule has 114 valence electrons. The third kappa shape index (κ3) is 2.90. The van der Waals surface area contributed by atoms with E-state index in [1.807, 2.05) is 67.8 Å². The molecule has 0 aliphatic heterocycles. The lowest BCUT2D eigenvalue weighted by molar-refractivity contribution is 0.105. The molecule has 0 atom stereocenters. The van der Waals surface area contributed by atoms with Gasteiger partial charge >= 0.3 is 0 Å². The molecule has 0 fully saturated rings. The van der Waals surface area contributed by atoms with Gasteiger partial charge in [-0.2, -0.15) is 0 Å². The first-order chi connectivity index (χ1) is 11.1. The first-order valence-electron chi connectivity index (χ1n) is 7.52. The van der Waals surface area contributed by atoms with Gasteiger partial charge in [-0.3, -0.25) is 4.79 Å². The number of allylic oxidation sites excluding steroid dienone is 1. The van der Waals surface area contributed by atoms with E-state index in [-0.39, 0.29) is 5.78 Å². The van der Waals surface area contributed by atoms with Gasteiger partial charge in [-0.1, -0.05) is 55.1 Å². The molecule has 0 amide bonds. The van der Waals surface area contributed by atoms with E-state index < -0.39 is 0 Å².